The highest BCUT2D eigenvalue weighted by Crippen LogP contribution is 2.51. The molecule has 2 N–H and O–H groups in total. The molecule has 5 rings (SSSR count). The number of piperidine rings is 1. The summed E-state index contributed by atoms with van der Waals surface area (Å²) in [6.07, 6.45) is -0.968. The number of hydrogen-bond acceptors (Lipinski definition) is 3. The van der Waals surface area contributed by atoms with Gasteiger partial charge in [0, 0.05) is 19.1 Å². The fourth-order valence-electron chi connectivity index (χ4n) is 6.22. The number of halogens is 4. The number of fused-ring (bicyclic) bond motifs is 3. The van der Waals surface area contributed by atoms with E-state index >= 15 is 0 Å². The van der Waals surface area contributed by atoms with Gasteiger partial charge in [-0.1, -0.05) is 78.7 Å². The molecular formula is C32H33ClF3N3O2. The minimum atomic E-state index is -4.49. The van der Waals surface area contributed by atoms with Crippen LogP contribution in [0.3, 0.4) is 0 Å². The summed E-state index contributed by atoms with van der Waals surface area (Å²) in [5.41, 5.74) is 2.61. The average molecular weight is 584 g/mol. The summed E-state index contributed by atoms with van der Waals surface area (Å²) in [5, 5.41) is 5.71. The van der Waals surface area contributed by atoms with Gasteiger partial charge in [0.25, 0.3) is 5.91 Å². The van der Waals surface area contributed by atoms with E-state index in [1.165, 1.54) is 0 Å². The third-order valence-corrected chi connectivity index (χ3v) is 8.55. The molecule has 0 radical (unpaired) electrons. The lowest BCUT2D eigenvalue weighted by Crippen LogP contribution is -2.47. The molecule has 1 aliphatic heterocycles. The highest BCUT2D eigenvalue weighted by atomic mass is 35.5. The van der Waals surface area contributed by atoms with Crippen LogP contribution >= 0.6 is 11.6 Å². The normalized spacial score (nSPS) is 16.6. The van der Waals surface area contributed by atoms with Crippen LogP contribution in [0.15, 0.2) is 72.8 Å². The molecule has 1 heterocycles. The van der Waals surface area contributed by atoms with E-state index in [4.69, 9.17) is 11.6 Å². The lowest BCUT2D eigenvalue weighted by Gasteiger charge is -2.33. The molecule has 0 saturated carbocycles. The molecule has 5 nitrogen and oxygen atoms in total. The molecule has 3 aromatic carbocycles. The van der Waals surface area contributed by atoms with Crippen LogP contribution in [0.25, 0.3) is 11.1 Å². The van der Waals surface area contributed by atoms with Crippen LogP contribution in [-0.2, 0) is 10.2 Å². The summed E-state index contributed by atoms with van der Waals surface area (Å²) in [6.45, 7) is 1.11. The van der Waals surface area contributed by atoms with Crippen molar-refractivity contribution < 1.29 is 22.8 Å². The number of amides is 2. The van der Waals surface area contributed by atoms with Crippen LogP contribution in [0, 0.1) is 0 Å². The van der Waals surface area contributed by atoms with E-state index < -0.39 is 24.0 Å². The Morgan fingerprint density at radius 3 is 2.07 bits per heavy atom. The van der Waals surface area contributed by atoms with Gasteiger partial charge in [-0.05, 0) is 66.6 Å². The summed E-state index contributed by atoms with van der Waals surface area (Å²) in [6, 6.07) is 22.1. The Morgan fingerprint density at radius 2 is 1.46 bits per heavy atom. The summed E-state index contributed by atoms with van der Waals surface area (Å²) < 4.78 is 39.3. The zero-order valence-corrected chi connectivity index (χ0v) is 23.4. The highest BCUT2D eigenvalue weighted by Gasteiger charge is 2.49. The lowest BCUT2D eigenvalue weighted by atomic mass is 9.73. The maximum atomic E-state index is 13.6. The quantitative estimate of drug-likeness (QED) is 0.289. The molecule has 2 aliphatic rings. The molecule has 0 aromatic heterocycles. The van der Waals surface area contributed by atoms with Gasteiger partial charge in [0.1, 0.15) is 12.0 Å². The third kappa shape index (κ3) is 6.28. The number of hydrogen-bond donors (Lipinski definition) is 2. The summed E-state index contributed by atoms with van der Waals surface area (Å²) in [7, 11) is 0. The molecule has 9 heteroatoms. The predicted octanol–water partition coefficient (Wildman–Crippen LogP) is 6.35. The van der Waals surface area contributed by atoms with Crippen LogP contribution in [0.2, 0.25) is 5.02 Å². The van der Waals surface area contributed by atoms with E-state index in [9.17, 15) is 22.8 Å². The SMILES string of the molecule is O=C(NC1CCN(CCCCC2(C(=O)NCC(F)(F)F)c3ccccc3-c3ccccc32)CC1)c1ccccc1Cl. The molecule has 1 fully saturated rings. The van der Waals surface area contributed by atoms with E-state index in [1.54, 1.807) is 24.3 Å². The number of rotatable bonds is 9. The third-order valence-electron chi connectivity index (χ3n) is 8.22. The second-order valence-electron chi connectivity index (χ2n) is 10.8. The Labute approximate surface area is 243 Å². The Morgan fingerprint density at radius 1 is 0.878 bits per heavy atom. The van der Waals surface area contributed by atoms with E-state index in [0.717, 1.165) is 61.2 Å². The Hall–Kier alpha value is -3.36. The van der Waals surface area contributed by atoms with Crippen molar-refractivity contribution in [2.75, 3.05) is 26.2 Å². The Balaban J connectivity index is 1.21. The monoisotopic (exact) mass is 583 g/mol. The van der Waals surface area contributed by atoms with Gasteiger partial charge in [0.15, 0.2) is 0 Å². The lowest BCUT2D eigenvalue weighted by molar-refractivity contribution is -0.141. The van der Waals surface area contributed by atoms with Crippen LogP contribution in [-0.4, -0.2) is 55.1 Å². The number of nitrogens with one attached hydrogen (secondary N) is 2. The van der Waals surface area contributed by atoms with Gasteiger partial charge in [-0.25, -0.2) is 0 Å². The van der Waals surface area contributed by atoms with Gasteiger partial charge in [-0.15, -0.1) is 0 Å². The fraction of sp³-hybridized carbons (Fsp3) is 0.375. The van der Waals surface area contributed by atoms with Gasteiger partial charge in [0.2, 0.25) is 5.91 Å². The molecule has 216 valence electrons. The average Bonchev–Trinajstić information content (AvgIpc) is 3.25. The maximum absolute atomic E-state index is 13.6. The van der Waals surface area contributed by atoms with Crippen molar-refractivity contribution in [3.05, 3.63) is 94.5 Å². The molecule has 0 unspecified atom stereocenters. The second-order valence-corrected chi connectivity index (χ2v) is 11.2. The molecule has 1 saturated heterocycles. The Kier molecular flexibility index (Phi) is 8.71. The first-order chi connectivity index (χ1) is 19.7. The van der Waals surface area contributed by atoms with Crippen molar-refractivity contribution in [1.29, 1.82) is 0 Å². The van der Waals surface area contributed by atoms with Crippen molar-refractivity contribution >= 4 is 23.4 Å². The van der Waals surface area contributed by atoms with Gasteiger partial charge in [0.05, 0.1) is 10.6 Å². The summed E-state index contributed by atoms with van der Waals surface area (Å²) >= 11 is 6.16. The first-order valence-electron chi connectivity index (χ1n) is 14.0. The number of nitrogens with zero attached hydrogens (tertiary/aromatic N) is 1. The predicted molar refractivity (Wildman–Crippen MR) is 154 cm³/mol. The molecule has 0 spiro atoms. The topological polar surface area (TPSA) is 61.4 Å². The standard InChI is InChI=1S/C32H33ClF3N3O2/c33-28-14-6-3-11-25(28)29(40)38-22-15-19-39(20-16-22)18-8-7-17-31(30(41)37-21-32(34,35)36)26-12-4-1-9-23(26)24-10-2-5-13-27(24)31/h1-6,9-14,22H,7-8,15-21H2,(H,37,41)(H,38,40). The second kappa shape index (κ2) is 12.2. The van der Waals surface area contributed by atoms with Gasteiger partial charge in [-0.3, -0.25) is 9.59 Å². The van der Waals surface area contributed by atoms with Crippen molar-refractivity contribution in [1.82, 2.24) is 15.5 Å². The smallest absolute Gasteiger partial charge is 0.349 e. The van der Waals surface area contributed by atoms with E-state index in [2.05, 4.69) is 15.5 Å². The molecular weight excluding hydrogens is 551 g/mol. The van der Waals surface area contributed by atoms with Crippen LogP contribution in [0.1, 0.15) is 53.6 Å². The molecule has 0 atom stereocenters. The number of carbonyl (C=O) groups excluding carboxylic acids is 2. The van der Waals surface area contributed by atoms with E-state index in [0.29, 0.717) is 23.4 Å². The molecule has 1 aliphatic carbocycles. The molecule has 41 heavy (non-hydrogen) atoms. The van der Waals surface area contributed by atoms with E-state index in [-0.39, 0.29) is 11.9 Å². The zero-order valence-electron chi connectivity index (χ0n) is 22.6. The zero-order chi connectivity index (χ0) is 29.0. The van der Waals surface area contributed by atoms with E-state index in [1.807, 2.05) is 48.5 Å². The largest absolute Gasteiger partial charge is 0.405 e. The van der Waals surface area contributed by atoms with Gasteiger partial charge in [-0.2, -0.15) is 13.2 Å². The number of likely N-dealkylation sites (tertiary alicyclic amines) is 1. The minimum absolute atomic E-state index is 0.0714. The minimum Gasteiger partial charge on any atom is -0.349 e. The first-order valence-corrected chi connectivity index (χ1v) is 14.4. The van der Waals surface area contributed by atoms with Crippen molar-refractivity contribution in [3.8, 4) is 11.1 Å². The van der Waals surface area contributed by atoms with Gasteiger partial charge < -0.3 is 15.5 Å². The first kappa shape index (κ1) is 29.1. The van der Waals surface area contributed by atoms with Gasteiger partial charge >= 0.3 is 6.18 Å². The summed E-state index contributed by atoms with van der Waals surface area (Å²) in [4.78, 5) is 28.6. The van der Waals surface area contributed by atoms with Crippen molar-refractivity contribution in [3.63, 3.8) is 0 Å². The van der Waals surface area contributed by atoms with Crippen molar-refractivity contribution in [2.45, 2.75) is 49.7 Å². The Bertz CT molecular complexity index is 1360. The van der Waals surface area contributed by atoms with Crippen LogP contribution < -0.4 is 10.6 Å². The summed E-state index contributed by atoms with van der Waals surface area (Å²) in [5.74, 6) is -0.775. The molecule has 3 aromatic rings. The van der Waals surface area contributed by atoms with Crippen LogP contribution in [0.5, 0.6) is 0 Å². The highest BCUT2D eigenvalue weighted by molar-refractivity contribution is 6.33. The fourth-order valence-corrected chi connectivity index (χ4v) is 6.44. The number of alkyl halides is 3. The van der Waals surface area contributed by atoms with Crippen LogP contribution in [0.4, 0.5) is 13.2 Å². The number of benzene rings is 3. The van der Waals surface area contributed by atoms with Crippen molar-refractivity contribution in [2.24, 2.45) is 0 Å². The molecule has 2 amide bonds. The maximum Gasteiger partial charge on any atom is 0.405 e. The molecule has 0 bridgehead atoms. The number of unbranched alkanes of at least 4 members (excludes halogenated alkanes) is 1. The number of carbonyl (C=O) groups is 2.